The van der Waals surface area contributed by atoms with Crippen molar-refractivity contribution in [3.8, 4) is 0 Å². The largest absolute Gasteiger partial charge is 0.396 e. The van der Waals surface area contributed by atoms with Crippen LogP contribution in [-0.2, 0) is 6.54 Å². The second-order valence-corrected chi connectivity index (χ2v) is 8.14. The zero-order valence-electron chi connectivity index (χ0n) is 17.0. The molecule has 2 fully saturated rings. The standard InChI is InChI=1S/C22H36N4O/c1-3-23-22(24-14-18(2)17-27)26-13-11-21-20(16-26)10-7-12-25(21)15-19-8-5-4-6-9-19/h4-6,8-9,18,20-21,27H,3,7,10-17H2,1-2H3,(H,23,24). The maximum Gasteiger partial charge on any atom is 0.193 e. The van der Waals surface area contributed by atoms with E-state index >= 15 is 0 Å². The fourth-order valence-electron chi connectivity index (χ4n) is 4.44. The number of nitrogens with zero attached hydrogens (tertiary/aromatic N) is 3. The van der Waals surface area contributed by atoms with Crippen molar-refractivity contribution in [3.05, 3.63) is 35.9 Å². The van der Waals surface area contributed by atoms with Crippen molar-refractivity contribution in [1.82, 2.24) is 15.1 Å². The summed E-state index contributed by atoms with van der Waals surface area (Å²) in [5.41, 5.74) is 1.42. The van der Waals surface area contributed by atoms with Gasteiger partial charge in [-0.2, -0.15) is 0 Å². The van der Waals surface area contributed by atoms with Crippen molar-refractivity contribution >= 4 is 5.96 Å². The van der Waals surface area contributed by atoms with E-state index in [1.807, 2.05) is 6.92 Å². The van der Waals surface area contributed by atoms with Crippen LogP contribution in [0.5, 0.6) is 0 Å². The van der Waals surface area contributed by atoms with Gasteiger partial charge in [-0.05, 0) is 50.1 Å². The number of aliphatic hydroxyl groups excluding tert-OH is 1. The Hall–Kier alpha value is -1.59. The van der Waals surface area contributed by atoms with Crippen molar-refractivity contribution in [2.24, 2.45) is 16.8 Å². The number of guanidine groups is 1. The number of fused-ring (bicyclic) bond motifs is 1. The summed E-state index contributed by atoms with van der Waals surface area (Å²) < 4.78 is 0. The Kier molecular flexibility index (Phi) is 7.53. The maximum atomic E-state index is 9.28. The SMILES string of the molecule is CCNC(=NCC(C)CO)N1CCC2C(CCCN2Cc2ccccc2)C1. The van der Waals surface area contributed by atoms with Crippen LogP contribution in [0.3, 0.4) is 0 Å². The summed E-state index contributed by atoms with van der Waals surface area (Å²) in [5, 5.41) is 12.7. The molecule has 27 heavy (non-hydrogen) atoms. The molecule has 5 heteroatoms. The topological polar surface area (TPSA) is 51.1 Å². The van der Waals surface area contributed by atoms with Gasteiger partial charge >= 0.3 is 0 Å². The summed E-state index contributed by atoms with van der Waals surface area (Å²) in [6.45, 7) is 10.4. The Balaban J connectivity index is 1.63. The fraction of sp³-hybridized carbons (Fsp3) is 0.682. The summed E-state index contributed by atoms with van der Waals surface area (Å²) in [4.78, 5) is 9.94. The monoisotopic (exact) mass is 372 g/mol. The van der Waals surface area contributed by atoms with Gasteiger partial charge in [-0.25, -0.2) is 0 Å². The Morgan fingerprint density at radius 3 is 2.81 bits per heavy atom. The summed E-state index contributed by atoms with van der Waals surface area (Å²) in [6.07, 6.45) is 3.81. The molecule has 2 N–H and O–H groups in total. The van der Waals surface area contributed by atoms with Gasteiger partial charge in [-0.15, -0.1) is 0 Å². The van der Waals surface area contributed by atoms with Crippen molar-refractivity contribution < 1.29 is 5.11 Å². The molecule has 150 valence electrons. The first-order chi connectivity index (χ1) is 13.2. The van der Waals surface area contributed by atoms with Crippen LogP contribution in [0.1, 0.15) is 38.7 Å². The van der Waals surface area contributed by atoms with Crippen molar-refractivity contribution in [1.29, 1.82) is 0 Å². The van der Waals surface area contributed by atoms with Gasteiger partial charge in [0.05, 0.1) is 0 Å². The third kappa shape index (κ3) is 5.45. The summed E-state index contributed by atoms with van der Waals surface area (Å²) in [6, 6.07) is 11.6. The van der Waals surface area contributed by atoms with Crippen LogP contribution in [0.4, 0.5) is 0 Å². The number of likely N-dealkylation sites (tertiary alicyclic amines) is 2. The van der Waals surface area contributed by atoms with Gasteiger partial charge in [0.2, 0.25) is 0 Å². The number of nitrogens with one attached hydrogen (secondary N) is 1. The molecule has 1 aromatic rings. The maximum absolute atomic E-state index is 9.28. The number of aliphatic imine (C=N–C) groups is 1. The first-order valence-corrected chi connectivity index (χ1v) is 10.6. The van der Waals surface area contributed by atoms with Crippen molar-refractivity contribution in [3.63, 3.8) is 0 Å². The second-order valence-electron chi connectivity index (χ2n) is 8.14. The smallest absolute Gasteiger partial charge is 0.193 e. The van der Waals surface area contributed by atoms with E-state index in [9.17, 15) is 5.11 Å². The molecule has 3 rings (SSSR count). The van der Waals surface area contributed by atoms with E-state index in [1.54, 1.807) is 0 Å². The highest BCUT2D eigenvalue weighted by Crippen LogP contribution is 2.31. The van der Waals surface area contributed by atoms with E-state index in [0.29, 0.717) is 12.6 Å². The predicted octanol–water partition coefficient (Wildman–Crippen LogP) is 2.57. The number of hydrogen-bond acceptors (Lipinski definition) is 3. The second kappa shape index (κ2) is 10.1. The molecule has 2 saturated heterocycles. The minimum absolute atomic E-state index is 0.196. The van der Waals surface area contributed by atoms with E-state index in [0.717, 1.165) is 38.1 Å². The van der Waals surface area contributed by atoms with Crippen LogP contribution in [0, 0.1) is 11.8 Å². The number of hydrogen-bond donors (Lipinski definition) is 2. The van der Waals surface area contributed by atoms with E-state index in [1.165, 1.54) is 31.4 Å². The predicted molar refractivity (Wildman–Crippen MR) is 112 cm³/mol. The average Bonchev–Trinajstić information content (AvgIpc) is 2.71. The van der Waals surface area contributed by atoms with Gasteiger partial charge in [0, 0.05) is 45.4 Å². The summed E-state index contributed by atoms with van der Waals surface area (Å²) in [5.74, 6) is 1.96. The molecule has 2 aliphatic rings. The molecule has 1 aromatic carbocycles. The lowest BCUT2D eigenvalue weighted by atomic mass is 9.83. The molecule has 3 unspecified atom stereocenters. The van der Waals surface area contributed by atoms with E-state index in [2.05, 4.69) is 52.4 Å². The van der Waals surface area contributed by atoms with Crippen LogP contribution in [0.15, 0.2) is 35.3 Å². The number of benzene rings is 1. The lowest BCUT2D eigenvalue weighted by molar-refractivity contribution is 0.0372. The molecule has 0 saturated carbocycles. The first kappa shape index (κ1) is 20.2. The van der Waals surface area contributed by atoms with E-state index in [4.69, 9.17) is 4.99 Å². The Morgan fingerprint density at radius 2 is 2.07 bits per heavy atom. The quantitative estimate of drug-likeness (QED) is 0.595. The molecular formula is C22H36N4O. The van der Waals surface area contributed by atoms with Gasteiger partial charge < -0.3 is 15.3 Å². The van der Waals surface area contributed by atoms with Crippen LogP contribution < -0.4 is 5.32 Å². The normalized spacial score (nSPS) is 25.1. The molecule has 2 aliphatic heterocycles. The highest BCUT2D eigenvalue weighted by Gasteiger charge is 2.36. The molecule has 5 nitrogen and oxygen atoms in total. The van der Waals surface area contributed by atoms with Crippen molar-refractivity contribution in [2.45, 2.75) is 45.7 Å². The van der Waals surface area contributed by atoms with Gasteiger partial charge in [0.1, 0.15) is 0 Å². The lowest BCUT2D eigenvalue weighted by Gasteiger charge is -2.48. The molecule has 0 aliphatic carbocycles. The van der Waals surface area contributed by atoms with Crippen LogP contribution in [-0.4, -0.2) is 66.2 Å². The average molecular weight is 373 g/mol. The Bertz CT molecular complexity index is 591. The van der Waals surface area contributed by atoms with Gasteiger partial charge in [0.15, 0.2) is 5.96 Å². The minimum atomic E-state index is 0.196. The molecule has 0 amide bonds. The highest BCUT2D eigenvalue weighted by atomic mass is 16.3. The number of aliphatic hydroxyl groups is 1. The Labute approximate surface area is 164 Å². The molecule has 0 bridgehead atoms. The van der Waals surface area contributed by atoms with Gasteiger partial charge in [-0.3, -0.25) is 9.89 Å². The molecule has 3 atom stereocenters. The highest BCUT2D eigenvalue weighted by molar-refractivity contribution is 5.80. The molecule has 2 heterocycles. The fourth-order valence-corrected chi connectivity index (χ4v) is 4.44. The van der Waals surface area contributed by atoms with Crippen LogP contribution in [0.2, 0.25) is 0 Å². The zero-order valence-corrected chi connectivity index (χ0v) is 17.0. The van der Waals surface area contributed by atoms with Gasteiger partial charge in [0.25, 0.3) is 0 Å². The van der Waals surface area contributed by atoms with Crippen LogP contribution in [0.25, 0.3) is 0 Å². The third-order valence-corrected chi connectivity index (χ3v) is 5.91. The number of piperidine rings is 2. The molecule has 0 radical (unpaired) electrons. The van der Waals surface area contributed by atoms with Gasteiger partial charge in [-0.1, -0.05) is 37.3 Å². The molecular weight excluding hydrogens is 336 g/mol. The van der Waals surface area contributed by atoms with Crippen LogP contribution >= 0.6 is 0 Å². The molecule has 0 spiro atoms. The van der Waals surface area contributed by atoms with E-state index < -0.39 is 0 Å². The Morgan fingerprint density at radius 1 is 1.26 bits per heavy atom. The van der Waals surface area contributed by atoms with Crippen molar-refractivity contribution in [2.75, 3.05) is 39.3 Å². The van der Waals surface area contributed by atoms with E-state index in [-0.39, 0.29) is 12.5 Å². The lowest BCUT2D eigenvalue weighted by Crippen LogP contribution is -2.56. The molecule has 0 aromatic heterocycles. The third-order valence-electron chi connectivity index (χ3n) is 5.91. The summed E-state index contributed by atoms with van der Waals surface area (Å²) in [7, 11) is 0. The first-order valence-electron chi connectivity index (χ1n) is 10.6. The summed E-state index contributed by atoms with van der Waals surface area (Å²) >= 11 is 0. The number of rotatable bonds is 6. The minimum Gasteiger partial charge on any atom is -0.396 e. The zero-order chi connectivity index (χ0) is 19.1.